The summed E-state index contributed by atoms with van der Waals surface area (Å²) in [6.45, 7) is 7.99. The molecule has 0 bridgehead atoms. The molecule has 1 amide bonds. The summed E-state index contributed by atoms with van der Waals surface area (Å²) in [5.74, 6) is 0. The van der Waals surface area contributed by atoms with Crippen LogP contribution >= 0.6 is 11.6 Å². The van der Waals surface area contributed by atoms with Crippen molar-refractivity contribution >= 4 is 17.7 Å². The van der Waals surface area contributed by atoms with Crippen LogP contribution in [0.25, 0.3) is 0 Å². The van der Waals surface area contributed by atoms with E-state index >= 15 is 0 Å². The van der Waals surface area contributed by atoms with Crippen molar-refractivity contribution in [1.29, 1.82) is 0 Å². The Morgan fingerprint density at radius 1 is 1.26 bits per heavy atom. The van der Waals surface area contributed by atoms with Crippen molar-refractivity contribution in [3.8, 4) is 0 Å². The van der Waals surface area contributed by atoms with Crippen LogP contribution in [0, 0.1) is 0 Å². The van der Waals surface area contributed by atoms with Crippen LogP contribution in [0.3, 0.4) is 0 Å². The average molecular weight is 339 g/mol. The summed E-state index contributed by atoms with van der Waals surface area (Å²) in [6.07, 6.45) is 1.61. The topological polar surface area (TPSA) is 41.6 Å². The molecule has 1 fully saturated rings. The number of carbonyl (C=O) groups excluding carboxylic acids is 1. The number of amides is 1. The average Bonchev–Trinajstić information content (AvgIpc) is 2.47. The maximum Gasteiger partial charge on any atom is 0.410 e. The standard InChI is InChI=1S/C18H27ClN2O2/c1-17(2,3)23-16(22)21-11-9-18(10-12-21,13-20-4)14-5-7-15(19)8-6-14/h5-8,20H,9-13H2,1-4H3. The SMILES string of the molecule is CNCC1(c2ccc(Cl)cc2)CCN(C(=O)OC(C)(C)C)CC1. The van der Waals surface area contributed by atoms with E-state index in [1.807, 2.05) is 44.9 Å². The molecule has 0 radical (unpaired) electrons. The van der Waals surface area contributed by atoms with Gasteiger partial charge in [-0.05, 0) is 58.4 Å². The number of ether oxygens (including phenoxy) is 1. The Labute approximate surface area is 144 Å². The molecular weight excluding hydrogens is 312 g/mol. The van der Waals surface area contributed by atoms with Gasteiger partial charge in [0, 0.05) is 30.1 Å². The molecular formula is C18H27ClN2O2. The second-order valence-corrected chi connectivity index (χ2v) is 7.72. The van der Waals surface area contributed by atoms with Gasteiger partial charge in [-0.1, -0.05) is 23.7 Å². The van der Waals surface area contributed by atoms with Crippen molar-refractivity contribution in [2.75, 3.05) is 26.7 Å². The number of hydrogen-bond acceptors (Lipinski definition) is 3. The minimum absolute atomic E-state index is 0.0395. The number of carbonyl (C=O) groups is 1. The number of benzene rings is 1. The molecule has 0 atom stereocenters. The van der Waals surface area contributed by atoms with E-state index in [1.54, 1.807) is 0 Å². The number of hydrogen-bond donors (Lipinski definition) is 1. The second-order valence-electron chi connectivity index (χ2n) is 7.28. The monoisotopic (exact) mass is 338 g/mol. The summed E-state index contributed by atoms with van der Waals surface area (Å²) in [5.41, 5.74) is 0.866. The van der Waals surface area contributed by atoms with Crippen LogP contribution in [-0.4, -0.2) is 43.3 Å². The third kappa shape index (κ3) is 4.61. The highest BCUT2D eigenvalue weighted by Gasteiger charge is 2.37. The van der Waals surface area contributed by atoms with Crippen molar-refractivity contribution in [2.24, 2.45) is 0 Å². The van der Waals surface area contributed by atoms with E-state index in [2.05, 4.69) is 17.4 Å². The van der Waals surface area contributed by atoms with Crippen molar-refractivity contribution in [1.82, 2.24) is 10.2 Å². The summed E-state index contributed by atoms with van der Waals surface area (Å²) < 4.78 is 5.48. The van der Waals surface area contributed by atoms with Gasteiger partial charge < -0.3 is 15.0 Å². The third-order valence-corrected chi connectivity index (χ3v) is 4.60. The lowest BCUT2D eigenvalue weighted by Crippen LogP contribution is -2.50. The highest BCUT2D eigenvalue weighted by Crippen LogP contribution is 2.36. The van der Waals surface area contributed by atoms with Crippen LogP contribution in [0.15, 0.2) is 24.3 Å². The summed E-state index contributed by atoms with van der Waals surface area (Å²) in [7, 11) is 1.97. The molecule has 0 unspecified atom stereocenters. The molecule has 1 heterocycles. The van der Waals surface area contributed by atoms with Crippen LogP contribution in [0.4, 0.5) is 4.79 Å². The molecule has 1 aliphatic heterocycles. The first kappa shape index (κ1) is 18.1. The van der Waals surface area contributed by atoms with Crippen LogP contribution in [0.5, 0.6) is 0 Å². The molecule has 128 valence electrons. The first-order chi connectivity index (χ1) is 10.8. The van der Waals surface area contributed by atoms with Crippen molar-refractivity contribution in [3.05, 3.63) is 34.9 Å². The van der Waals surface area contributed by atoms with Gasteiger partial charge in [-0.15, -0.1) is 0 Å². The highest BCUT2D eigenvalue weighted by molar-refractivity contribution is 6.30. The molecule has 1 N–H and O–H groups in total. The third-order valence-electron chi connectivity index (χ3n) is 4.34. The molecule has 0 aromatic heterocycles. The van der Waals surface area contributed by atoms with Gasteiger partial charge in [0.25, 0.3) is 0 Å². The molecule has 4 nitrogen and oxygen atoms in total. The smallest absolute Gasteiger partial charge is 0.410 e. The van der Waals surface area contributed by atoms with Crippen LogP contribution in [-0.2, 0) is 10.2 Å². The fourth-order valence-corrected chi connectivity index (χ4v) is 3.28. The lowest BCUT2D eigenvalue weighted by molar-refractivity contribution is 0.0164. The quantitative estimate of drug-likeness (QED) is 0.910. The van der Waals surface area contributed by atoms with E-state index in [9.17, 15) is 4.79 Å². The molecule has 1 aromatic rings. The van der Waals surface area contributed by atoms with E-state index in [1.165, 1.54) is 5.56 Å². The Morgan fingerprint density at radius 3 is 2.30 bits per heavy atom. The van der Waals surface area contributed by atoms with Gasteiger partial charge in [0.15, 0.2) is 0 Å². The molecule has 1 saturated heterocycles. The first-order valence-corrected chi connectivity index (χ1v) is 8.52. The Hall–Kier alpha value is -1.26. The van der Waals surface area contributed by atoms with Gasteiger partial charge in [-0.2, -0.15) is 0 Å². The molecule has 0 saturated carbocycles. The van der Waals surface area contributed by atoms with E-state index in [0.29, 0.717) is 13.1 Å². The minimum Gasteiger partial charge on any atom is -0.444 e. The molecule has 1 aromatic carbocycles. The zero-order valence-electron chi connectivity index (χ0n) is 14.5. The normalized spacial score (nSPS) is 17.9. The zero-order chi connectivity index (χ0) is 17.1. The van der Waals surface area contributed by atoms with Gasteiger partial charge in [0.05, 0.1) is 0 Å². The van der Waals surface area contributed by atoms with Crippen LogP contribution in [0.1, 0.15) is 39.2 Å². The van der Waals surface area contributed by atoms with E-state index in [-0.39, 0.29) is 11.5 Å². The molecule has 0 spiro atoms. The predicted molar refractivity (Wildman–Crippen MR) is 94.1 cm³/mol. The largest absolute Gasteiger partial charge is 0.444 e. The number of rotatable bonds is 3. The van der Waals surface area contributed by atoms with Gasteiger partial charge in [0.1, 0.15) is 5.60 Å². The van der Waals surface area contributed by atoms with Gasteiger partial charge in [0.2, 0.25) is 0 Å². The minimum atomic E-state index is -0.452. The summed E-state index contributed by atoms with van der Waals surface area (Å²) >= 11 is 6.01. The van der Waals surface area contributed by atoms with Gasteiger partial charge in [-0.25, -0.2) is 4.79 Å². The van der Waals surface area contributed by atoms with Crippen LogP contribution < -0.4 is 5.32 Å². The molecule has 0 aliphatic carbocycles. The Bertz CT molecular complexity index is 529. The van der Waals surface area contributed by atoms with Crippen molar-refractivity contribution in [3.63, 3.8) is 0 Å². The molecule has 23 heavy (non-hydrogen) atoms. The lowest BCUT2D eigenvalue weighted by atomic mass is 9.72. The van der Waals surface area contributed by atoms with E-state index < -0.39 is 5.60 Å². The maximum absolute atomic E-state index is 12.2. The summed E-state index contributed by atoms with van der Waals surface area (Å²) in [6, 6.07) is 8.08. The fraction of sp³-hybridized carbons (Fsp3) is 0.611. The Morgan fingerprint density at radius 2 is 1.83 bits per heavy atom. The summed E-state index contributed by atoms with van der Waals surface area (Å²) in [4.78, 5) is 14.0. The maximum atomic E-state index is 12.2. The Balaban J connectivity index is 2.09. The van der Waals surface area contributed by atoms with E-state index in [4.69, 9.17) is 16.3 Å². The molecule has 1 aliphatic rings. The number of nitrogens with zero attached hydrogens (tertiary/aromatic N) is 1. The fourth-order valence-electron chi connectivity index (χ4n) is 3.15. The predicted octanol–water partition coefficient (Wildman–Crippen LogP) is 3.83. The molecule has 2 rings (SSSR count). The van der Waals surface area contributed by atoms with Crippen molar-refractivity contribution < 1.29 is 9.53 Å². The number of likely N-dealkylation sites (tertiary alicyclic amines) is 1. The van der Waals surface area contributed by atoms with Gasteiger partial charge in [-0.3, -0.25) is 0 Å². The molecule has 5 heteroatoms. The summed E-state index contributed by atoms with van der Waals surface area (Å²) in [5, 5.41) is 4.06. The zero-order valence-corrected chi connectivity index (χ0v) is 15.2. The van der Waals surface area contributed by atoms with Crippen molar-refractivity contribution in [2.45, 2.75) is 44.6 Å². The second kappa shape index (κ2) is 7.10. The number of piperidine rings is 1. The number of halogens is 1. The Kier molecular flexibility index (Phi) is 5.58. The van der Waals surface area contributed by atoms with Gasteiger partial charge >= 0.3 is 6.09 Å². The lowest BCUT2D eigenvalue weighted by Gasteiger charge is -2.42. The number of nitrogens with one attached hydrogen (secondary N) is 1. The highest BCUT2D eigenvalue weighted by atomic mass is 35.5. The van der Waals surface area contributed by atoms with E-state index in [0.717, 1.165) is 24.4 Å². The first-order valence-electron chi connectivity index (χ1n) is 8.14. The number of likely N-dealkylation sites (N-methyl/N-ethyl adjacent to an activating group) is 1. The van der Waals surface area contributed by atoms with Crippen LogP contribution in [0.2, 0.25) is 5.02 Å².